The number of H-pyrrole nitrogens is 2. The number of amides is 2. The van der Waals surface area contributed by atoms with E-state index in [4.69, 9.17) is 0 Å². The van der Waals surface area contributed by atoms with Crippen LogP contribution in [-0.2, 0) is 0 Å². The van der Waals surface area contributed by atoms with Gasteiger partial charge in [-0.05, 0) is 58.7 Å². The van der Waals surface area contributed by atoms with E-state index in [0.29, 0.717) is 11.1 Å². The number of aromatic amines is 2. The van der Waals surface area contributed by atoms with E-state index >= 15 is 0 Å². The Bertz CT molecular complexity index is 1670. The Labute approximate surface area is 219 Å². The van der Waals surface area contributed by atoms with Crippen LogP contribution >= 0.6 is 0 Å². The molecule has 2 amide bonds. The average molecular weight is 499 g/mol. The smallest absolute Gasteiger partial charge is 0.251 e. The van der Waals surface area contributed by atoms with Crippen LogP contribution < -0.4 is 10.6 Å². The summed E-state index contributed by atoms with van der Waals surface area (Å²) in [6.45, 7) is 0. The van der Waals surface area contributed by atoms with Gasteiger partial charge in [0.15, 0.2) is 0 Å². The van der Waals surface area contributed by atoms with Crippen molar-refractivity contribution in [2.75, 3.05) is 14.1 Å². The van der Waals surface area contributed by atoms with Crippen molar-refractivity contribution in [3.8, 4) is 33.6 Å². The molecule has 0 saturated heterocycles. The number of benzene rings is 4. The number of aromatic nitrogens is 2. The lowest BCUT2D eigenvalue weighted by molar-refractivity contribution is 0.0955. The number of carbonyl (C=O) groups excluding carboxylic acids is 2. The van der Waals surface area contributed by atoms with Crippen LogP contribution in [0.1, 0.15) is 20.7 Å². The number of nitrogens with one attached hydrogen (secondary N) is 4. The molecule has 4 N–H and O–H groups in total. The highest BCUT2D eigenvalue weighted by Crippen LogP contribution is 2.30. The first-order valence-corrected chi connectivity index (χ1v) is 12.4. The molecule has 0 bridgehead atoms. The maximum atomic E-state index is 12.0. The lowest BCUT2D eigenvalue weighted by Gasteiger charge is -2.05. The van der Waals surface area contributed by atoms with Crippen molar-refractivity contribution >= 4 is 33.6 Å². The van der Waals surface area contributed by atoms with Gasteiger partial charge in [-0.2, -0.15) is 0 Å². The highest BCUT2D eigenvalue weighted by atomic mass is 16.2. The minimum Gasteiger partial charge on any atom is -0.355 e. The van der Waals surface area contributed by atoms with Crippen molar-refractivity contribution in [3.63, 3.8) is 0 Å². The average Bonchev–Trinajstić information content (AvgIpc) is 3.60. The molecule has 0 aliphatic heterocycles. The van der Waals surface area contributed by atoms with E-state index in [2.05, 4.69) is 81.3 Å². The molecule has 0 spiro atoms. The van der Waals surface area contributed by atoms with Gasteiger partial charge in [-0.25, -0.2) is 0 Å². The second-order valence-corrected chi connectivity index (χ2v) is 9.28. The van der Waals surface area contributed by atoms with E-state index in [9.17, 15) is 9.59 Å². The Morgan fingerprint density at radius 2 is 0.868 bits per heavy atom. The summed E-state index contributed by atoms with van der Waals surface area (Å²) < 4.78 is 0. The highest BCUT2D eigenvalue weighted by molar-refractivity contribution is 5.99. The number of hydrogen-bond donors (Lipinski definition) is 4. The van der Waals surface area contributed by atoms with Crippen LogP contribution in [0.3, 0.4) is 0 Å². The van der Waals surface area contributed by atoms with Gasteiger partial charge in [0, 0.05) is 58.4 Å². The second-order valence-electron chi connectivity index (χ2n) is 9.28. The highest BCUT2D eigenvalue weighted by Gasteiger charge is 2.10. The summed E-state index contributed by atoms with van der Waals surface area (Å²) in [6.07, 6.45) is 0. The standard InChI is InChI=1S/C32H26N4O2/c1-33-31(37)25-13-11-23-15-27(35-29(23)17-25)21-7-3-19(4-8-21)20-5-9-22(10-6-20)28-16-24-12-14-26(32(38)34-2)18-30(24)36-28/h3-18,35-36H,1-2H3,(H,33,37)(H,34,38). The van der Waals surface area contributed by atoms with Crippen LogP contribution in [0.2, 0.25) is 0 Å². The summed E-state index contributed by atoms with van der Waals surface area (Å²) in [5, 5.41) is 7.46. The minimum absolute atomic E-state index is 0.0990. The molecular weight excluding hydrogens is 472 g/mol. The Morgan fingerprint density at radius 1 is 0.500 bits per heavy atom. The fourth-order valence-electron chi connectivity index (χ4n) is 4.82. The predicted molar refractivity (Wildman–Crippen MR) is 153 cm³/mol. The molecule has 2 aromatic heterocycles. The molecule has 186 valence electrons. The van der Waals surface area contributed by atoms with Crippen molar-refractivity contribution in [1.82, 2.24) is 20.6 Å². The third kappa shape index (κ3) is 4.22. The third-order valence-electron chi connectivity index (χ3n) is 6.95. The van der Waals surface area contributed by atoms with E-state index in [0.717, 1.165) is 55.4 Å². The fourth-order valence-corrected chi connectivity index (χ4v) is 4.82. The van der Waals surface area contributed by atoms with Gasteiger partial charge >= 0.3 is 0 Å². The number of rotatable bonds is 5. The van der Waals surface area contributed by atoms with Gasteiger partial charge in [-0.3, -0.25) is 9.59 Å². The van der Waals surface area contributed by atoms with Gasteiger partial charge in [0.2, 0.25) is 0 Å². The van der Waals surface area contributed by atoms with Gasteiger partial charge < -0.3 is 20.6 Å². The number of hydrogen-bond acceptors (Lipinski definition) is 2. The first-order valence-electron chi connectivity index (χ1n) is 12.4. The lowest BCUT2D eigenvalue weighted by atomic mass is 10.0. The largest absolute Gasteiger partial charge is 0.355 e. The molecule has 0 aliphatic rings. The monoisotopic (exact) mass is 498 g/mol. The van der Waals surface area contributed by atoms with Crippen LogP contribution in [0, 0.1) is 0 Å². The zero-order valence-electron chi connectivity index (χ0n) is 21.1. The Balaban J connectivity index is 1.23. The van der Waals surface area contributed by atoms with Gasteiger partial charge in [-0.1, -0.05) is 60.7 Å². The quantitative estimate of drug-likeness (QED) is 0.223. The van der Waals surface area contributed by atoms with Crippen LogP contribution in [0.5, 0.6) is 0 Å². The fraction of sp³-hybridized carbons (Fsp3) is 0.0625. The van der Waals surface area contributed by atoms with E-state index in [-0.39, 0.29) is 11.8 Å². The normalized spacial score (nSPS) is 11.1. The Morgan fingerprint density at radius 3 is 1.24 bits per heavy atom. The van der Waals surface area contributed by atoms with Crippen LogP contribution in [0.25, 0.3) is 55.4 Å². The molecule has 6 heteroatoms. The van der Waals surface area contributed by atoms with Crippen molar-refractivity contribution in [2.45, 2.75) is 0 Å². The zero-order valence-corrected chi connectivity index (χ0v) is 21.1. The lowest BCUT2D eigenvalue weighted by Crippen LogP contribution is -2.17. The first kappa shape index (κ1) is 23.3. The molecule has 0 atom stereocenters. The summed E-state index contributed by atoms with van der Waals surface area (Å²) in [6, 6.07) is 32.5. The van der Waals surface area contributed by atoms with Gasteiger partial charge in [-0.15, -0.1) is 0 Å². The molecule has 38 heavy (non-hydrogen) atoms. The molecular formula is C32H26N4O2. The van der Waals surface area contributed by atoms with Gasteiger partial charge in [0.05, 0.1) is 0 Å². The molecule has 2 heterocycles. The summed E-state index contributed by atoms with van der Waals surface area (Å²) in [7, 11) is 3.27. The molecule has 0 aliphatic carbocycles. The Hall–Kier alpha value is -5.10. The minimum atomic E-state index is -0.0990. The maximum Gasteiger partial charge on any atom is 0.251 e. The van der Waals surface area contributed by atoms with E-state index in [1.165, 1.54) is 0 Å². The summed E-state index contributed by atoms with van der Waals surface area (Å²) >= 11 is 0. The second kappa shape index (κ2) is 9.41. The number of carbonyl (C=O) groups is 2. The van der Waals surface area contributed by atoms with Crippen LogP contribution in [0.15, 0.2) is 97.1 Å². The van der Waals surface area contributed by atoms with Crippen molar-refractivity contribution < 1.29 is 9.59 Å². The van der Waals surface area contributed by atoms with Crippen molar-refractivity contribution in [1.29, 1.82) is 0 Å². The van der Waals surface area contributed by atoms with Gasteiger partial charge in [0.25, 0.3) is 11.8 Å². The van der Waals surface area contributed by atoms with E-state index in [1.807, 2.05) is 36.4 Å². The molecule has 6 nitrogen and oxygen atoms in total. The van der Waals surface area contributed by atoms with E-state index < -0.39 is 0 Å². The summed E-state index contributed by atoms with van der Waals surface area (Å²) in [4.78, 5) is 30.8. The topological polar surface area (TPSA) is 89.8 Å². The molecule has 4 aromatic carbocycles. The Kier molecular flexibility index (Phi) is 5.77. The molecule has 6 aromatic rings. The van der Waals surface area contributed by atoms with Crippen molar-refractivity contribution in [2.24, 2.45) is 0 Å². The van der Waals surface area contributed by atoms with Crippen LogP contribution in [0.4, 0.5) is 0 Å². The van der Waals surface area contributed by atoms with E-state index in [1.54, 1.807) is 14.1 Å². The molecule has 0 radical (unpaired) electrons. The molecule has 0 fully saturated rings. The maximum absolute atomic E-state index is 12.0. The zero-order chi connectivity index (χ0) is 26.2. The third-order valence-corrected chi connectivity index (χ3v) is 6.95. The predicted octanol–water partition coefficient (Wildman–Crippen LogP) is 6.37. The molecule has 6 rings (SSSR count). The molecule has 0 saturated carbocycles. The number of fused-ring (bicyclic) bond motifs is 2. The first-order chi connectivity index (χ1) is 18.5. The SMILES string of the molecule is CNC(=O)c1ccc2cc(-c3ccc(-c4ccc(-c5cc6ccc(C(=O)NC)cc6[nH]5)cc4)cc3)[nH]c2c1. The summed E-state index contributed by atoms with van der Waals surface area (Å²) in [5.74, 6) is -0.198. The van der Waals surface area contributed by atoms with Crippen LogP contribution in [-0.4, -0.2) is 35.9 Å². The molecule has 0 unspecified atom stereocenters. The van der Waals surface area contributed by atoms with Gasteiger partial charge in [0.1, 0.15) is 0 Å². The van der Waals surface area contributed by atoms with Crippen molar-refractivity contribution in [3.05, 3.63) is 108 Å². The summed E-state index contributed by atoms with van der Waals surface area (Å²) in [5.41, 5.74) is 9.57.